The maximum atomic E-state index is 13.5. The second-order valence-corrected chi connectivity index (χ2v) is 5.06. The smallest absolute Gasteiger partial charge is 0.202 e. The molecule has 0 aliphatic heterocycles. The zero-order chi connectivity index (χ0) is 15.0. The molecule has 3 rings (SSSR count). The molecule has 0 spiro atoms. The van der Waals surface area contributed by atoms with Crippen LogP contribution in [0.1, 0.15) is 16.1 Å². The van der Waals surface area contributed by atoms with Crippen molar-refractivity contribution in [3.63, 3.8) is 0 Å². The van der Waals surface area contributed by atoms with Gasteiger partial charge in [0.1, 0.15) is 17.2 Å². The van der Waals surface area contributed by atoms with Crippen LogP contribution >= 0.6 is 11.6 Å². The molecule has 21 heavy (non-hydrogen) atoms. The monoisotopic (exact) mass is 306 g/mol. The summed E-state index contributed by atoms with van der Waals surface area (Å²) < 4.78 is 31.8. The minimum atomic E-state index is -0.748. The van der Waals surface area contributed by atoms with Crippen LogP contribution in [0, 0.1) is 11.6 Å². The van der Waals surface area contributed by atoms with E-state index in [4.69, 9.17) is 16.0 Å². The lowest BCUT2D eigenvalue weighted by atomic mass is 10.1. The van der Waals surface area contributed by atoms with E-state index in [0.717, 1.165) is 12.1 Å². The molecule has 5 heteroatoms. The van der Waals surface area contributed by atoms with Gasteiger partial charge in [-0.25, -0.2) is 8.78 Å². The van der Waals surface area contributed by atoms with Crippen LogP contribution in [0.25, 0.3) is 11.0 Å². The lowest BCUT2D eigenvalue weighted by Crippen LogP contribution is -2.04. The molecule has 0 saturated heterocycles. The average Bonchev–Trinajstić information content (AvgIpc) is 2.85. The van der Waals surface area contributed by atoms with Gasteiger partial charge in [0.25, 0.3) is 0 Å². The summed E-state index contributed by atoms with van der Waals surface area (Å²) in [4.78, 5) is 12.1. The number of ketones is 1. The molecule has 0 atom stereocenters. The zero-order valence-electron chi connectivity index (χ0n) is 10.7. The molecule has 0 fully saturated rings. The van der Waals surface area contributed by atoms with Crippen molar-refractivity contribution >= 4 is 28.4 Å². The molecule has 1 heterocycles. The Hall–Kier alpha value is -2.20. The van der Waals surface area contributed by atoms with Gasteiger partial charge in [-0.2, -0.15) is 0 Å². The summed E-state index contributed by atoms with van der Waals surface area (Å²) in [5, 5.41) is 1.23. The predicted octanol–water partition coefficient (Wildman–Crippen LogP) is 4.79. The van der Waals surface area contributed by atoms with Crippen LogP contribution in [-0.2, 0) is 6.42 Å². The number of halogens is 3. The number of carbonyl (C=O) groups is 1. The summed E-state index contributed by atoms with van der Waals surface area (Å²) in [5.41, 5.74) is 0.655. The molecule has 0 radical (unpaired) electrons. The minimum Gasteiger partial charge on any atom is -0.453 e. The molecular formula is C16H9ClF2O2. The van der Waals surface area contributed by atoms with Gasteiger partial charge < -0.3 is 4.42 Å². The van der Waals surface area contributed by atoms with Gasteiger partial charge in [0.2, 0.25) is 5.78 Å². The Kier molecular flexibility index (Phi) is 3.47. The van der Waals surface area contributed by atoms with Gasteiger partial charge in [-0.1, -0.05) is 17.7 Å². The summed E-state index contributed by atoms with van der Waals surface area (Å²) in [7, 11) is 0. The van der Waals surface area contributed by atoms with E-state index < -0.39 is 11.6 Å². The first kappa shape index (κ1) is 13.8. The zero-order valence-corrected chi connectivity index (χ0v) is 11.5. The molecule has 0 aliphatic carbocycles. The van der Waals surface area contributed by atoms with Crippen LogP contribution in [-0.4, -0.2) is 5.78 Å². The predicted molar refractivity (Wildman–Crippen MR) is 75.6 cm³/mol. The number of furan rings is 1. The van der Waals surface area contributed by atoms with Crippen molar-refractivity contribution in [2.45, 2.75) is 6.42 Å². The van der Waals surface area contributed by atoms with Gasteiger partial charge in [-0.3, -0.25) is 4.79 Å². The van der Waals surface area contributed by atoms with Crippen molar-refractivity contribution in [3.8, 4) is 0 Å². The lowest BCUT2D eigenvalue weighted by Gasteiger charge is -2.01. The first-order valence-electron chi connectivity index (χ1n) is 6.19. The lowest BCUT2D eigenvalue weighted by molar-refractivity contribution is 0.0967. The number of rotatable bonds is 3. The van der Waals surface area contributed by atoms with Crippen molar-refractivity contribution in [1.29, 1.82) is 0 Å². The Balaban J connectivity index is 1.89. The quantitative estimate of drug-likeness (QED) is 0.651. The fourth-order valence-corrected chi connectivity index (χ4v) is 2.26. The van der Waals surface area contributed by atoms with Crippen molar-refractivity contribution in [3.05, 3.63) is 70.4 Å². The molecule has 1 aromatic heterocycles. The molecule has 0 saturated carbocycles. The minimum absolute atomic E-state index is 0.121. The summed E-state index contributed by atoms with van der Waals surface area (Å²) in [6.45, 7) is 0. The van der Waals surface area contributed by atoms with Crippen LogP contribution < -0.4 is 0 Å². The first-order valence-corrected chi connectivity index (χ1v) is 6.57. The largest absolute Gasteiger partial charge is 0.453 e. The van der Waals surface area contributed by atoms with Crippen LogP contribution in [0.2, 0.25) is 5.02 Å². The fourth-order valence-electron chi connectivity index (χ4n) is 2.08. The van der Waals surface area contributed by atoms with Gasteiger partial charge in [0.15, 0.2) is 5.76 Å². The maximum Gasteiger partial charge on any atom is 0.202 e. The van der Waals surface area contributed by atoms with Gasteiger partial charge in [0.05, 0.1) is 0 Å². The van der Waals surface area contributed by atoms with E-state index in [-0.39, 0.29) is 23.5 Å². The standard InChI is InChI=1S/C16H9ClF2O2/c17-11-2-4-15-10(5-11)7-16(21-15)14(20)6-9-1-3-12(18)8-13(9)19/h1-5,7-8H,6H2. The van der Waals surface area contributed by atoms with Crippen LogP contribution in [0.5, 0.6) is 0 Å². The molecule has 0 aliphatic rings. The fraction of sp³-hybridized carbons (Fsp3) is 0.0625. The van der Waals surface area contributed by atoms with E-state index in [1.165, 1.54) is 6.07 Å². The number of hydrogen-bond donors (Lipinski definition) is 0. The molecule has 2 aromatic carbocycles. The molecule has 0 bridgehead atoms. The second kappa shape index (κ2) is 5.30. The third kappa shape index (κ3) is 2.81. The molecule has 3 aromatic rings. The summed E-state index contributed by atoms with van der Waals surface area (Å²) in [5.74, 6) is -1.69. The number of Topliss-reactive ketones (excluding diaryl/α,β-unsaturated/α-hetero) is 1. The highest BCUT2D eigenvalue weighted by Crippen LogP contribution is 2.24. The van der Waals surface area contributed by atoms with Crippen molar-refractivity contribution in [1.82, 2.24) is 0 Å². The Morgan fingerprint density at radius 2 is 1.90 bits per heavy atom. The van der Waals surface area contributed by atoms with Gasteiger partial charge >= 0.3 is 0 Å². The highest BCUT2D eigenvalue weighted by Gasteiger charge is 2.15. The molecule has 0 unspecified atom stereocenters. The normalized spacial score (nSPS) is 11.0. The average molecular weight is 307 g/mol. The molecule has 0 amide bonds. The SMILES string of the molecule is O=C(Cc1ccc(F)cc1F)c1cc2cc(Cl)ccc2o1. The van der Waals surface area contributed by atoms with Gasteiger partial charge in [0, 0.05) is 22.9 Å². The summed E-state index contributed by atoms with van der Waals surface area (Å²) in [6.07, 6.45) is -0.195. The van der Waals surface area contributed by atoms with Crippen LogP contribution in [0.3, 0.4) is 0 Å². The van der Waals surface area contributed by atoms with Crippen molar-refractivity contribution in [2.24, 2.45) is 0 Å². The van der Waals surface area contributed by atoms with Gasteiger partial charge in [-0.15, -0.1) is 0 Å². The van der Waals surface area contributed by atoms with E-state index in [1.54, 1.807) is 24.3 Å². The van der Waals surface area contributed by atoms with E-state index in [0.29, 0.717) is 16.0 Å². The first-order chi connectivity index (χ1) is 10.0. The third-order valence-electron chi connectivity index (χ3n) is 3.12. The third-order valence-corrected chi connectivity index (χ3v) is 3.35. The number of carbonyl (C=O) groups excluding carboxylic acids is 1. The van der Waals surface area contributed by atoms with Gasteiger partial charge in [-0.05, 0) is 35.9 Å². The Labute approximate surface area is 123 Å². The summed E-state index contributed by atoms with van der Waals surface area (Å²) in [6, 6.07) is 9.67. The molecule has 0 N–H and O–H groups in total. The van der Waals surface area contributed by atoms with E-state index in [2.05, 4.69) is 0 Å². The summed E-state index contributed by atoms with van der Waals surface area (Å²) >= 11 is 5.86. The highest BCUT2D eigenvalue weighted by atomic mass is 35.5. The number of benzene rings is 2. The number of fused-ring (bicyclic) bond motifs is 1. The molecule has 2 nitrogen and oxygen atoms in total. The maximum absolute atomic E-state index is 13.5. The van der Waals surface area contributed by atoms with E-state index in [1.807, 2.05) is 0 Å². The molecule has 106 valence electrons. The Morgan fingerprint density at radius 3 is 2.67 bits per heavy atom. The number of hydrogen-bond acceptors (Lipinski definition) is 2. The topological polar surface area (TPSA) is 30.2 Å². The second-order valence-electron chi connectivity index (χ2n) is 4.63. The highest BCUT2D eigenvalue weighted by molar-refractivity contribution is 6.31. The van der Waals surface area contributed by atoms with Crippen molar-refractivity contribution < 1.29 is 18.0 Å². The molecular weight excluding hydrogens is 298 g/mol. The van der Waals surface area contributed by atoms with E-state index in [9.17, 15) is 13.6 Å². The van der Waals surface area contributed by atoms with Crippen LogP contribution in [0.15, 0.2) is 46.9 Å². The Bertz CT molecular complexity index is 839. The Morgan fingerprint density at radius 1 is 1.10 bits per heavy atom. The van der Waals surface area contributed by atoms with Crippen molar-refractivity contribution in [2.75, 3.05) is 0 Å². The van der Waals surface area contributed by atoms with E-state index >= 15 is 0 Å². The van der Waals surface area contributed by atoms with Crippen LogP contribution in [0.4, 0.5) is 8.78 Å².